The Hall–Kier alpha value is -3.46. The van der Waals surface area contributed by atoms with E-state index in [1.54, 1.807) is 23.0 Å². The zero-order chi connectivity index (χ0) is 21.1. The molecule has 1 aromatic carbocycles. The third-order valence-corrected chi connectivity index (χ3v) is 5.62. The first-order chi connectivity index (χ1) is 14.5. The van der Waals surface area contributed by atoms with Crippen LogP contribution in [0.5, 0.6) is 0 Å². The first-order valence-electron chi connectivity index (χ1n) is 9.52. The highest BCUT2D eigenvalue weighted by Gasteiger charge is 2.10. The summed E-state index contributed by atoms with van der Waals surface area (Å²) in [5.41, 5.74) is 2.08. The van der Waals surface area contributed by atoms with Gasteiger partial charge in [0, 0.05) is 38.8 Å². The van der Waals surface area contributed by atoms with Crippen molar-refractivity contribution in [3.63, 3.8) is 0 Å². The normalized spacial score (nSPS) is 11.0. The predicted molar refractivity (Wildman–Crippen MR) is 119 cm³/mol. The number of thiophene rings is 1. The Bertz CT molecular complexity index is 1220. The lowest BCUT2D eigenvalue weighted by Crippen LogP contribution is -2.24. The number of benzene rings is 1. The first-order valence-corrected chi connectivity index (χ1v) is 10.4. The molecular formula is C21H22N6O2S. The van der Waals surface area contributed by atoms with E-state index in [4.69, 9.17) is 0 Å². The van der Waals surface area contributed by atoms with Gasteiger partial charge < -0.3 is 10.2 Å². The van der Waals surface area contributed by atoms with Crippen molar-refractivity contribution in [3.05, 3.63) is 70.2 Å². The van der Waals surface area contributed by atoms with Crippen LogP contribution in [-0.2, 0) is 17.9 Å². The third kappa shape index (κ3) is 4.25. The maximum atomic E-state index is 12.4. The maximum absolute atomic E-state index is 12.4. The predicted octanol–water partition coefficient (Wildman–Crippen LogP) is 2.80. The highest BCUT2D eigenvalue weighted by Crippen LogP contribution is 2.16. The number of carbonyl (C=O) groups is 1. The molecule has 0 saturated heterocycles. The Morgan fingerprint density at radius 2 is 1.97 bits per heavy atom. The SMILES string of the molecule is CN(C)c1ccc(Cn2nccc2NC(=O)CCn2cnc3sccc3c2=O)cc1. The number of fused-ring (bicyclic) bond motifs is 1. The second-order valence-corrected chi connectivity index (χ2v) is 8.01. The molecule has 0 radical (unpaired) electrons. The lowest BCUT2D eigenvalue weighted by molar-refractivity contribution is -0.116. The van der Waals surface area contributed by atoms with Gasteiger partial charge in [-0.2, -0.15) is 5.10 Å². The lowest BCUT2D eigenvalue weighted by atomic mass is 10.2. The van der Waals surface area contributed by atoms with Gasteiger partial charge in [-0.3, -0.25) is 14.2 Å². The van der Waals surface area contributed by atoms with Crippen LogP contribution in [0.15, 0.2) is 59.1 Å². The fourth-order valence-corrected chi connectivity index (χ4v) is 3.84. The van der Waals surface area contributed by atoms with E-state index < -0.39 is 0 Å². The van der Waals surface area contributed by atoms with Crippen LogP contribution < -0.4 is 15.8 Å². The van der Waals surface area contributed by atoms with E-state index in [-0.39, 0.29) is 24.4 Å². The van der Waals surface area contributed by atoms with Crippen molar-refractivity contribution in [3.8, 4) is 0 Å². The van der Waals surface area contributed by atoms with Gasteiger partial charge in [-0.1, -0.05) is 12.1 Å². The van der Waals surface area contributed by atoms with Crippen molar-refractivity contribution in [2.75, 3.05) is 24.3 Å². The summed E-state index contributed by atoms with van der Waals surface area (Å²) in [5.74, 6) is 0.437. The van der Waals surface area contributed by atoms with Crippen LogP contribution in [0.2, 0.25) is 0 Å². The summed E-state index contributed by atoms with van der Waals surface area (Å²) >= 11 is 1.43. The smallest absolute Gasteiger partial charge is 0.262 e. The van der Waals surface area contributed by atoms with Crippen LogP contribution in [0.1, 0.15) is 12.0 Å². The summed E-state index contributed by atoms with van der Waals surface area (Å²) in [6, 6.07) is 11.7. The molecular weight excluding hydrogens is 400 g/mol. The van der Waals surface area contributed by atoms with Crippen LogP contribution in [0.3, 0.4) is 0 Å². The van der Waals surface area contributed by atoms with Crippen LogP contribution in [0.25, 0.3) is 10.2 Å². The Kier molecular flexibility index (Phi) is 5.62. The Morgan fingerprint density at radius 3 is 2.73 bits per heavy atom. The molecule has 0 unspecified atom stereocenters. The molecule has 0 fully saturated rings. The quantitative estimate of drug-likeness (QED) is 0.495. The Balaban J connectivity index is 1.38. The van der Waals surface area contributed by atoms with Crippen molar-refractivity contribution in [2.24, 2.45) is 0 Å². The van der Waals surface area contributed by atoms with E-state index in [9.17, 15) is 9.59 Å². The zero-order valence-corrected chi connectivity index (χ0v) is 17.6. The maximum Gasteiger partial charge on any atom is 0.262 e. The van der Waals surface area contributed by atoms with E-state index >= 15 is 0 Å². The number of nitrogens with one attached hydrogen (secondary N) is 1. The number of nitrogens with zero attached hydrogens (tertiary/aromatic N) is 5. The van der Waals surface area contributed by atoms with Gasteiger partial charge >= 0.3 is 0 Å². The lowest BCUT2D eigenvalue weighted by Gasteiger charge is -2.13. The van der Waals surface area contributed by atoms with Gasteiger partial charge in [-0.05, 0) is 29.1 Å². The molecule has 0 aliphatic heterocycles. The largest absolute Gasteiger partial charge is 0.378 e. The number of anilines is 2. The third-order valence-electron chi connectivity index (χ3n) is 4.80. The molecule has 0 spiro atoms. The molecule has 154 valence electrons. The summed E-state index contributed by atoms with van der Waals surface area (Å²) in [4.78, 5) is 31.9. The molecule has 9 heteroatoms. The van der Waals surface area contributed by atoms with Crippen molar-refractivity contribution in [2.45, 2.75) is 19.5 Å². The number of carbonyl (C=O) groups excluding carboxylic acids is 1. The minimum atomic E-state index is -0.183. The van der Waals surface area contributed by atoms with Crippen LogP contribution in [-0.4, -0.2) is 39.3 Å². The summed E-state index contributed by atoms with van der Waals surface area (Å²) in [6.45, 7) is 0.818. The average molecular weight is 423 g/mol. The molecule has 4 rings (SSSR count). The molecule has 3 aromatic heterocycles. The van der Waals surface area contributed by atoms with Crippen molar-refractivity contribution in [1.82, 2.24) is 19.3 Å². The Labute approximate surface area is 177 Å². The van der Waals surface area contributed by atoms with Gasteiger partial charge in [0.2, 0.25) is 5.91 Å². The second kappa shape index (κ2) is 8.50. The number of amides is 1. The number of aryl methyl sites for hydroxylation is 1. The van der Waals surface area contributed by atoms with E-state index in [2.05, 4.69) is 15.4 Å². The fourth-order valence-electron chi connectivity index (χ4n) is 3.12. The molecule has 1 N–H and O–H groups in total. The number of aromatic nitrogens is 4. The zero-order valence-electron chi connectivity index (χ0n) is 16.8. The van der Waals surface area contributed by atoms with Gasteiger partial charge in [0.1, 0.15) is 10.6 Å². The molecule has 0 atom stereocenters. The van der Waals surface area contributed by atoms with E-state index in [0.29, 0.717) is 22.6 Å². The molecule has 0 aliphatic carbocycles. The minimum absolute atomic E-state index is 0.125. The summed E-state index contributed by atoms with van der Waals surface area (Å²) in [7, 11) is 4.00. The molecule has 1 amide bonds. The number of rotatable bonds is 7. The highest BCUT2D eigenvalue weighted by atomic mass is 32.1. The summed E-state index contributed by atoms with van der Waals surface area (Å²) < 4.78 is 3.21. The van der Waals surface area contributed by atoms with Crippen molar-refractivity contribution >= 4 is 39.0 Å². The monoisotopic (exact) mass is 422 g/mol. The van der Waals surface area contributed by atoms with Crippen LogP contribution in [0.4, 0.5) is 11.5 Å². The van der Waals surface area contributed by atoms with Crippen molar-refractivity contribution in [1.29, 1.82) is 0 Å². The highest BCUT2D eigenvalue weighted by molar-refractivity contribution is 7.16. The standard InChI is InChI=1S/C21H22N6O2S/c1-25(2)16-5-3-15(4-6-16)13-27-18(7-10-23-27)24-19(28)8-11-26-14-22-20-17(21(26)29)9-12-30-20/h3-7,9-10,12,14H,8,11,13H2,1-2H3,(H,24,28). The number of hydrogen-bond donors (Lipinski definition) is 1. The first kappa shape index (κ1) is 19.8. The molecule has 0 aliphatic rings. The average Bonchev–Trinajstić information content (AvgIpc) is 3.38. The molecule has 8 nitrogen and oxygen atoms in total. The van der Waals surface area contributed by atoms with Gasteiger partial charge in [0.05, 0.1) is 24.5 Å². The van der Waals surface area contributed by atoms with Gasteiger partial charge in [-0.15, -0.1) is 11.3 Å². The Morgan fingerprint density at radius 1 is 1.17 bits per heavy atom. The van der Waals surface area contributed by atoms with Gasteiger partial charge in [0.25, 0.3) is 5.56 Å². The topological polar surface area (TPSA) is 85.1 Å². The van der Waals surface area contributed by atoms with E-state index in [1.165, 1.54) is 22.2 Å². The van der Waals surface area contributed by atoms with Gasteiger partial charge in [-0.25, -0.2) is 9.67 Å². The van der Waals surface area contributed by atoms with Crippen LogP contribution in [0, 0.1) is 0 Å². The molecule has 30 heavy (non-hydrogen) atoms. The summed E-state index contributed by atoms with van der Waals surface area (Å²) in [6.07, 6.45) is 3.32. The number of hydrogen-bond acceptors (Lipinski definition) is 6. The fraction of sp³-hybridized carbons (Fsp3) is 0.238. The van der Waals surface area contributed by atoms with Crippen LogP contribution >= 0.6 is 11.3 Å². The van der Waals surface area contributed by atoms with E-state index in [0.717, 1.165) is 11.3 Å². The van der Waals surface area contributed by atoms with Gasteiger partial charge in [0.15, 0.2) is 0 Å². The molecule has 4 aromatic rings. The molecule has 0 bridgehead atoms. The van der Waals surface area contributed by atoms with E-state index in [1.807, 2.05) is 48.6 Å². The molecule has 0 saturated carbocycles. The van der Waals surface area contributed by atoms with Crippen molar-refractivity contribution < 1.29 is 4.79 Å². The summed E-state index contributed by atoms with van der Waals surface area (Å²) in [5, 5.41) is 9.62. The minimum Gasteiger partial charge on any atom is -0.378 e. The molecule has 3 heterocycles. The second-order valence-electron chi connectivity index (χ2n) is 7.12.